The molecule has 0 aromatic carbocycles. The number of carboxylic acid groups (broad SMARTS) is 3. The molecular weight excluding hydrogens is 251 g/mol. The quantitative estimate of drug-likeness (QED) is 0.448. The second kappa shape index (κ2) is 14.4. The van der Waals surface area contributed by atoms with Crippen LogP contribution in [0.2, 0.25) is 0 Å². The van der Waals surface area contributed by atoms with Crippen molar-refractivity contribution in [2.75, 3.05) is 19.6 Å². The first-order valence-electron chi connectivity index (χ1n) is 3.29. The summed E-state index contributed by atoms with van der Waals surface area (Å²) in [6.45, 7) is -1.80. The van der Waals surface area contributed by atoms with Crippen LogP contribution in [-0.2, 0) is 14.4 Å². The minimum atomic E-state index is -1.26. The summed E-state index contributed by atoms with van der Waals surface area (Å²) in [6, 6.07) is 0. The molecule has 0 aromatic rings. The van der Waals surface area contributed by atoms with Crippen LogP contribution in [0.5, 0.6) is 0 Å². The monoisotopic (exact) mass is 260 g/mol. The van der Waals surface area contributed by atoms with Gasteiger partial charge in [-0.05, 0) is 0 Å². The molecule has 0 unspecified atom stereocenters. The van der Waals surface area contributed by atoms with Gasteiger partial charge in [-0.2, -0.15) is 0 Å². The Morgan fingerprint density at radius 2 is 0.875 bits per heavy atom. The molecule has 16 heavy (non-hydrogen) atoms. The van der Waals surface area contributed by atoms with Gasteiger partial charge >= 0.3 is 17.9 Å². The van der Waals surface area contributed by atoms with Gasteiger partial charge in [-0.3, -0.25) is 19.3 Å². The molecule has 0 spiro atoms. The molecule has 0 aromatic heterocycles. The van der Waals surface area contributed by atoms with Crippen molar-refractivity contribution in [1.29, 1.82) is 0 Å². The molecule has 0 saturated carbocycles. The van der Waals surface area contributed by atoms with Gasteiger partial charge < -0.3 is 15.3 Å². The number of carbonyl (C=O) groups is 3. The second-order valence-electron chi connectivity index (χ2n) is 2.33. The summed E-state index contributed by atoms with van der Waals surface area (Å²) >= 11 is 0. The molecule has 77 valence electrons. The Labute approximate surface area is 158 Å². The van der Waals surface area contributed by atoms with Crippen molar-refractivity contribution >= 4 is 107 Å². The van der Waals surface area contributed by atoms with E-state index in [1.165, 1.54) is 0 Å². The number of aliphatic carboxylic acids is 3. The third-order valence-corrected chi connectivity index (χ3v) is 1.08. The van der Waals surface area contributed by atoms with E-state index in [0.29, 0.717) is 0 Å². The zero-order valence-corrected chi connectivity index (χ0v) is 15.6. The van der Waals surface area contributed by atoms with E-state index >= 15 is 0 Å². The average Bonchev–Trinajstić information content (AvgIpc) is 1.80. The molecule has 0 atom stereocenters. The first-order valence-corrected chi connectivity index (χ1v) is 3.29. The standard InChI is InChI=1S/C6H9NO6.3Na/c8-4(9)1-7(2-5(10)11)3-6(12)13;;;/h1-3H2,(H,8,9)(H,10,11)(H,12,13);;;. The van der Waals surface area contributed by atoms with Crippen molar-refractivity contribution in [2.45, 2.75) is 0 Å². The summed E-state index contributed by atoms with van der Waals surface area (Å²) < 4.78 is 0. The number of nitrogens with zero attached hydrogens (tertiary/aromatic N) is 1. The van der Waals surface area contributed by atoms with Crippen molar-refractivity contribution in [3.63, 3.8) is 0 Å². The SMILES string of the molecule is O=C(O)CN(CC(=O)O)CC(=O)O.[Na].[Na].[Na]. The Morgan fingerprint density at radius 3 is 1.00 bits per heavy atom. The normalized spacial score (nSPS) is 8.06. The van der Waals surface area contributed by atoms with Gasteiger partial charge in [-0.25, -0.2) is 0 Å². The summed E-state index contributed by atoms with van der Waals surface area (Å²) in [5.74, 6) is -3.78. The van der Waals surface area contributed by atoms with Crippen molar-refractivity contribution < 1.29 is 29.7 Å². The molecule has 0 aliphatic rings. The minimum Gasteiger partial charge on any atom is -0.480 e. The number of carboxylic acids is 3. The van der Waals surface area contributed by atoms with Crippen LogP contribution in [0.1, 0.15) is 0 Å². The molecule has 0 saturated heterocycles. The zero-order chi connectivity index (χ0) is 10.4. The van der Waals surface area contributed by atoms with Crippen molar-refractivity contribution in [2.24, 2.45) is 0 Å². The van der Waals surface area contributed by atoms with E-state index in [1.807, 2.05) is 0 Å². The summed E-state index contributed by atoms with van der Waals surface area (Å²) in [5, 5.41) is 24.8. The molecular formula is C6H9NNa3O6. The van der Waals surface area contributed by atoms with E-state index in [2.05, 4.69) is 0 Å². The van der Waals surface area contributed by atoms with Crippen LogP contribution in [0.15, 0.2) is 0 Å². The van der Waals surface area contributed by atoms with E-state index < -0.39 is 37.5 Å². The summed E-state index contributed by atoms with van der Waals surface area (Å²) in [5.41, 5.74) is 0. The first-order chi connectivity index (χ1) is 5.91. The Hall–Kier alpha value is 1.37. The maximum Gasteiger partial charge on any atom is 0.317 e. The summed E-state index contributed by atoms with van der Waals surface area (Å²) in [4.78, 5) is 31.2. The van der Waals surface area contributed by atoms with Gasteiger partial charge in [0.05, 0.1) is 19.6 Å². The topological polar surface area (TPSA) is 115 Å². The Balaban J connectivity index is -0.000000240. The van der Waals surface area contributed by atoms with Crippen molar-refractivity contribution in [3.05, 3.63) is 0 Å². The van der Waals surface area contributed by atoms with E-state index in [4.69, 9.17) is 15.3 Å². The second-order valence-corrected chi connectivity index (χ2v) is 2.33. The average molecular weight is 260 g/mol. The van der Waals surface area contributed by atoms with Gasteiger partial charge in [-0.15, -0.1) is 0 Å². The molecule has 7 nitrogen and oxygen atoms in total. The van der Waals surface area contributed by atoms with Gasteiger partial charge in [0.25, 0.3) is 0 Å². The molecule has 0 amide bonds. The molecule has 3 radical (unpaired) electrons. The van der Waals surface area contributed by atoms with Crippen LogP contribution in [-0.4, -0.2) is 146 Å². The molecule has 0 fully saturated rings. The Morgan fingerprint density at radius 1 is 0.688 bits per heavy atom. The van der Waals surface area contributed by atoms with Crippen LogP contribution in [0, 0.1) is 0 Å². The van der Waals surface area contributed by atoms with E-state index in [1.54, 1.807) is 0 Å². The van der Waals surface area contributed by atoms with E-state index in [9.17, 15) is 14.4 Å². The van der Waals surface area contributed by atoms with Crippen LogP contribution in [0.3, 0.4) is 0 Å². The maximum atomic E-state index is 10.1. The summed E-state index contributed by atoms with van der Waals surface area (Å²) in [6.07, 6.45) is 0. The fourth-order valence-electron chi connectivity index (χ4n) is 0.742. The first kappa shape index (κ1) is 26.0. The Bertz CT molecular complexity index is 198. The molecule has 0 aliphatic heterocycles. The molecule has 0 heterocycles. The third kappa shape index (κ3) is 17.8. The fraction of sp³-hybridized carbons (Fsp3) is 0.500. The predicted octanol–water partition coefficient (Wildman–Crippen LogP) is -2.60. The molecule has 10 heteroatoms. The fourth-order valence-corrected chi connectivity index (χ4v) is 0.742. The van der Waals surface area contributed by atoms with Gasteiger partial charge in [-0.1, -0.05) is 0 Å². The van der Waals surface area contributed by atoms with Gasteiger partial charge in [0, 0.05) is 88.7 Å². The van der Waals surface area contributed by atoms with Gasteiger partial charge in [0.15, 0.2) is 0 Å². The number of hydrogen-bond donors (Lipinski definition) is 3. The van der Waals surface area contributed by atoms with E-state index in [0.717, 1.165) is 4.90 Å². The van der Waals surface area contributed by atoms with Gasteiger partial charge in [0.1, 0.15) is 0 Å². The summed E-state index contributed by atoms with van der Waals surface area (Å²) in [7, 11) is 0. The molecule has 0 rings (SSSR count). The van der Waals surface area contributed by atoms with Crippen LogP contribution in [0.4, 0.5) is 0 Å². The largest absolute Gasteiger partial charge is 0.480 e. The third-order valence-electron chi connectivity index (χ3n) is 1.08. The van der Waals surface area contributed by atoms with Crippen molar-refractivity contribution in [1.82, 2.24) is 4.90 Å². The smallest absolute Gasteiger partial charge is 0.317 e. The molecule has 3 N–H and O–H groups in total. The Kier molecular flexibility index (Phi) is 23.5. The predicted molar refractivity (Wildman–Crippen MR) is 56.6 cm³/mol. The maximum absolute atomic E-state index is 10.1. The number of hydrogen-bond acceptors (Lipinski definition) is 4. The van der Waals surface area contributed by atoms with Crippen LogP contribution >= 0.6 is 0 Å². The molecule has 0 bridgehead atoms. The van der Waals surface area contributed by atoms with Crippen molar-refractivity contribution in [3.8, 4) is 0 Å². The molecule has 0 aliphatic carbocycles. The minimum absolute atomic E-state index is 0. The number of rotatable bonds is 6. The van der Waals surface area contributed by atoms with Crippen LogP contribution < -0.4 is 0 Å². The van der Waals surface area contributed by atoms with Gasteiger partial charge in [0.2, 0.25) is 0 Å². The van der Waals surface area contributed by atoms with Crippen LogP contribution in [0.25, 0.3) is 0 Å². The van der Waals surface area contributed by atoms with E-state index in [-0.39, 0.29) is 88.7 Å². The zero-order valence-electron chi connectivity index (χ0n) is 9.63.